The zero-order valence-electron chi connectivity index (χ0n) is 13.1. The predicted octanol–water partition coefficient (Wildman–Crippen LogP) is 0.605. The second-order valence-corrected chi connectivity index (χ2v) is 5.69. The molecule has 2 heterocycles. The van der Waals surface area contributed by atoms with Gasteiger partial charge in [0.15, 0.2) is 5.75 Å². The normalized spacial score (nSPS) is 15.1. The number of pyridine rings is 1. The summed E-state index contributed by atoms with van der Waals surface area (Å²) in [5.41, 5.74) is 0.819. The van der Waals surface area contributed by atoms with Crippen molar-refractivity contribution in [3.63, 3.8) is 0 Å². The second kappa shape index (κ2) is 6.17. The number of fused-ring (bicyclic) bond motifs is 1. The molecule has 9 heteroatoms. The molecule has 3 rings (SSSR count). The Kier molecular flexibility index (Phi) is 4.23. The lowest BCUT2D eigenvalue weighted by Crippen LogP contribution is -2.30. The van der Waals surface area contributed by atoms with Gasteiger partial charge >= 0.3 is 7.32 Å². The van der Waals surface area contributed by atoms with Crippen LogP contribution in [0.1, 0.15) is 37.4 Å². The van der Waals surface area contributed by atoms with E-state index in [1.165, 1.54) is 6.07 Å². The molecule has 2 aromatic heterocycles. The van der Waals surface area contributed by atoms with Crippen molar-refractivity contribution in [2.75, 3.05) is 12.4 Å². The maximum absolute atomic E-state index is 12.8. The van der Waals surface area contributed by atoms with E-state index in [9.17, 15) is 4.79 Å². The Bertz CT molecular complexity index is 786. The Labute approximate surface area is 133 Å². The summed E-state index contributed by atoms with van der Waals surface area (Å²) in [6.07, 6.45) is 3.88. The van der Waals surface area contributed by atoms with Gasteiger partial charge in [-0.05, 0) is 25.8 Å². The molecule has 2 aromatic rings. The number of nitrogens with zero attached hydrogens (tertiary/aromatic N) is 3. The van der Waals surface area contributed by atoms with Crippen LogP contribution in [0.2, 0.25) is 0 Å². The molecule has 1 aliphatic carbocycles. The predicted molar refractivity (Wildman–Crippen MR) is 86.4 cm³/mol. The van der Waals surface area contributed by atoms with Gasteiger partial charge in [-0.15, -0.1) is 0 Å². The summed E-state index contributed by atoms with van der Waals surface area (Å²) in [6.45, 7) is 1.81. The molecule has 0 atom stereocenters. The summed E-state index contributed by atoms with van der Waals surface area (Å²) < 4.78 is 6.48. The smallest absolute Gasteiger partial charge is 0.508 e. The second-order valence-electron chi connectivity index (χ2n) is 5.69. The molecule has 0 saturated heterocycles. The third-order valence-electron chi connectivity index (χ3n) is 4.20. The van der Waals surface area contributed by atoms with Gasteiger partial charge in [0.25, 0.3) is 5.56 Å². The highest BCUT2D eigenvalue weighted by atomic mass is 16.6. The monoisotopic (exact) mass is 318 g/mol. The first-order chi connectivity index (χ1) is 11.0. The van der Waals surface area contributed by atoms with Gasteiger partial charge in [0.05, 0.1) is 5.69 Å². The number of aromatic nitrogens is 3. The third kappa shape index (κ3) is 2.89. The van der Waals surface area contributed by atoms with Gasteiger partial charge in [-0.2, -0.15) is 4.98 Å². The maximum Gasteiger partial charge on any atom is 0.707 e. The van der Waals surface area contributed by atoms with E-state index in [1.807, 2.05) is 6.92 Å². The van der Waals surface area contributed by atoms with E-state index in [4.69, 9.17) is 14.7 Å². The average molecular weight is 318 g/mol. The minimum absolute atomic E-state index is 0.0309. The Morgan fingerprint density at radius 2 is 2.04 bits per heavy atom. The maximum atomic E-state index is 12.8. The molecular formula is C14H19BN4O4. The molecule has 8 nitrogen and oxygen atoms in total. The molecule has 3 N–H and O–H groups in total. The summed E-state index contributed by atoms with van der Waals surface area (Å²) in [7, 11) is -0.326. The molecule has 0 radical (unpaired) electrons. The lowest BCUT2D eigenvalue weighted by molar-refractivity contribution is 0.285. The van der Waals surface area contributed by atoms with Crippen molar-refractivity contribution in [2.45, 2.75) is 38.6 Å². The van der Waals surface area contributed by atoms with E-state index >= 15 is 0 Å². The Balaban J connectivity index is 2.31. The highest BCUT2D eigenvalue weighted by molar-refractivity contribution is 6.33. The van der Waals surface area contributed by atoms with Crippen LogP contribution in [-0.4, -0.2) is 39.0 Å². The van der Waals surface area contributed by atoms with E-state index in [2.05, 4.69) is 15.3 Å². The number of aryl methyl sites for hydroxylation is 1. The molecule has 1 fully saturated rings. The Hall–Kier alpha value is -2.13. The summed E-state index contributed by atoms with van der Waals surface area (Å²) in [6, 6.07) is 1.50. The number of anilines is 1. The van der Waals surface area contributed by atoms with Crippen LogP contribution >= 0.6 is 0 Å². The van der Waals surface area contributed by atoms with Crippen LogP contribution in [0.3, 0.4) is 0 Å². The molecule has 0 bridgehead atoms. The molecule has 1 saturated carbocycles. The highest BCUT2D eigenvalue weighted by Crippen LogP contribution is 2.32. The van der Waals surface area contributed by atoms with Gasteiger partial charge in [0, 0.05) is 18.5 Å². The lowest BCUT2D eigenvalue weighted by atomic mass is 10.1. The Morgan fingerprint density at radius 1 is 1.35 bits per heavy atom. The number of nitrogens with one attached hydrogen (secondary N) is 1. The van der Waals surface area contributed by atoms with Crippen LogP contribution in [0.4, 0.5) is 5.95 Å². The first-order valence-electron chi connectivity index (χ1n) is 7.65. The van der Waals surface area contributed by atoms with Crippen molar-refractivity contribution >= 4 is 24.3 Å². The molecule has 0 unspecified atom stereocenters. The number of hydrogen-bond acceptors (Lipinski definition) is 7. The van der Waals surface area contributed by atoms with Crippen LogP contribution in [0.15, 0.2) is 10.9 Å². The minimum Gasteiger partial charge on any atom is -0.508 e. The van der Waals surface area contributed by atoms with Crippen LogP contribution in [0.5, 0.6) is 5.75 Å². The first-order valence-corrected chi connectivity index (χ1v) is 7.65. The van der Waals surface area contributed by atoms with Crippen molar-refractivity contribution in [3.8, 4) is 5.75 Å². The van der Waals surface area contributed by atoms with E-state index in [0.717, 1.165) is 25.7 Å². The Morgan fingerprint density at radius 3 is 2.65 bits per heavy atom. The molecule has 23 heavy (non-hydrogen) atoms. The minimum atomic E-state index is -2.05. The molecular weight excluding hydrogens is 299 g/mol. The van der Waals surface area contributed by atoms with Crippen molar-refractivity contribution < 1.29 is 14.7 Å². The van der Waals surface area contributed by atoms with Gasteiger partial charge in [0.1, 0.15) is 5.65 Å². The van der Waals surface area contributed by atoms with Crippen LogP contribution < -0.4 is 15.5 Å². The lowest BCUT2D eigenvalue weighted by Gasteiger charge is -2.19. The zero-order valence-corrected chi connectivity index (χ0v) is 13.1. The van der Waals surface area contributed by atoms with E-state index in [1.54, 1.807) is 11.6 Å². The SMILES string of the molecule is CNc1nc(C)c2cc(OB(O)O)c(=O)n(C3CCCC3)c2n1. The fraction of sp³-hybridized carbons (Fsp3) is 0.500. The fourth-order valence-corrected chi connectivity index (χ4v) is 3.14. The fourth-order valence-electron chi connectivity index (χ4n) is 3.14. The molecule has 1 aliphatic rings. The quantitative estimate of drug-likeness (QED) is 0.708. The highest BCUT2D eigenvalue weighted by Gasteiger charge is 2.25. The van der Waals surface area contributed by atoms with E-state index in [-0.39, 0.29) is 11.8 Å². The summed E-state index contributed by atoms with van der Waals surface area (Å²) >= 11 is 0. The van der Waals surface area contributed by atoms with Crippen LogP contribution in [-0.2, 0) is 0 Å². The topological polar surface area (TPSA) is 110 Å². The molecule has 0 amide bonds. The molecule has 0 spiro atoms. The van der Waals surface area contributed by atoms with Gasteiger partial charge in [-0.1, -0.05) is 12.8 Å². The van der Waals surface area contributed by atoms with Gasteiger partial charge in [-0.3, -0.25) is 9.36 Å². The molecule has 122 valence electrons. The van der Waals surface area contributed by atoms with Crippen molar-refractivity contribution in [1.29, 1.82) is 0 Å². The van der Waals surface area contributed by atoms with Gasteiger partial charge in [0.2, 0.25) is 5.95 Å². The standard InChI is InChI=1S/C14H19BN4O4/c1-8-10-7-11(23-15(21)22)13(20)19(9-5-3-4-6-9)12(10)18-14(16-2)17-8/h7,9,21-22H,3-6H2,1-2H3,(H,16,17,18). The van der Waals surface area contributed by atoms with Crippen LogP contribution in [0, 0.1) is 6.92 Å². The number of rotatable bonds is 4. The summed E-state index contributed by atoms with van der Waals surface area (Å²) in [4.78, 5) is 21.5. The van der Waals surface area contributed by atoms with Crippen molar-refractivity contribution in [1.82, 2.24) is 14.5 Å². The van der Waals surface area contributed by atoms with Gasteiger partial charge < -0.3 is 20.0 Å². The summed E-state index contributed by atoms with van der Waals surface area (Å²) in [5, 5.41) is 21.7. The first kappa shape index (κ1) is 15.8. The van der Waals surface area contributed by atoms with E-state index < -0.39 is 12.9 Å². The van der Waals surface area contributed by atoms with E-state index in [0.29, 0.717) is 22.7 Å². The molecule has 0 aromatic carbocycles. The van der Waals surface area contributed by atoms with Gasteiger partial charge in [-0.25, -0.2) is 4.98 Å². The summed E-state index contributed by atoms with van der Waals surface area (Å²) in [5.74, 6) is 0.334. The van der Waals surface area contributed by atoms with Crippen molar-refractivity contribution in [3.05, 3.63) is 22.1 Å². The van der Waals surface area contributed by atoms with Crippen molar-refractivity contribution in [2.24, 2.45) is 0 Å². The molecule has 0 aliphatic heterocycles. The third-order valence-corrected chi connectivity index (χ3v) is 4.20. The zero-order chi connectivity index (χ0) is 16.6. The average Bonchev–Trinajstić information content (AvgIpc) is 3.02. The largest absolute Gasteiger partial charge is 0.707 e. The van der Waals surface area contributed by atoms with Crippen LogP contribution in [0.25, 0.3) is 11.0 Å². The number of hydrogen-bond donors (Lipinski definition) is 3.